The van der Waals surface area contributed by atoms with E-state index in [1.807, 2.05) is 42.5 Å². The maximum absolute atomic E-state index is 14.0. The molecule has 7 nitrogen and oxygen atoms in total. The highest BCUT2D eigenvalue weighted by Gasteiger charge is 2.43. The molecular weight excluding hydrogens is 557 g/mol. The third kappa shape index (κ3) is 4.82. The van der Waals surface area contributed by atoms with Gasteiger partial charge in [-0.2, -0.15) is 17.5 Å². The summed E-state index contributed by atoms with van der Waals surface area (Å²) in [5.41, 5.74) is -0.469. The number of carbonyl (C=O) groups excluding carboxylic acids is 1. The van der Waals surface area contributed by atoms with Crippen molar-refractivity contribution in [1.82, 2.24) is 8.87 Å². The first-order valence-corrected chi connectivity index (χ1v) is 14.3. The van der Waals surface area contributed by atoms with Gasteiger partial charge in [0.25, 0.3) is 15.6 Å². The van der Waals surface area contributed by atoms with Crippen LogP contribution in [0, 0.1) is 0 Å². The van der Waals surface area contributed by atoms with Crippen LogP contribution in [0.15, 0.2) is 76.6 Å². The minimum absolute atomic E-state index is 0.0315. The Labute approximate surface area is 234 Å². The molecular formula is C30H27F3N2O5S. The van der Waals surface area contributed by atoms with Crippen LogP contribution in [-0.4, -0.2) is 44.0 Å². The van der Waals surface area contributed by atoms with Crippen LogP contribution in [0.2, 0.25) is 0 Å². The molecule has 0 fully saturated rings. The molecule has 0 aliphatic carbocycles. The molecule has 0 bridgehead atoms. The van der Waals surface area contributed by atoms with Crippen molar-refractivity contribution >= 4 is 26.8 Å². The lowest BCUT2D eigenvalue weighted by molar-refractivity contribution is -0.145. The van der Waals surface area contributed by atoms with E-state index in [9.17, 15) is 31.2 Å². The topological polar surface area (TPSA) is 85.7 Å². The first kappa shape index (κ1) is 28.6. The van der Waals surface area contributed by atoms with E-state index in [2.05, 4.69) is 0 Å². The second-order valence-electron chi connectivity index (χ2n) is 9.88. The van der Waals surface area contributed by atoms with Crippen molar-refractivity contribution < 1.29 is 31.1 Å². The zero-order chi connectivity index (χ0) is 29.7. The van der Waals surface area contributed by atoms with Crippen LogP contribution in [0.1, 0.15) is 35.2 Å². The Morgan fingerprint density at radius 1 is 1.02 bits per heavy atom. The molecule has 0 amide bonds. The number of fused-ring (bicyclic) bond motifs is 2. The summed E-state index contributed by atoms with van der Waals surface area (Å²) in [6, 6.07) is 16.1. The number of esters is 1. The van der Waals surface area contributed by atoms with Gasteiger partial charge in [0.05, 0.1) is 12.7 Å². The van der Waals surface area contributed by atoms with Gasteiger partial charge in [-0.1, -0.05) is 61.5 Å². The lowest BCUT2D eigenvalue weighted by Crippen LogP contribution is -2.49. The van der Waals surface area contributed by atoms with E-state index >= 15 is 0 Å². The maximum atomic E-state index is 14.0. The van der Waals surface area contributed by atoms with Crippen LogP contribution < -0.4 is 5.56 Å². The number of pyridine rings is 1. The van der Waals surface area contributed by atoms with E-state index < -0.39 is 44.4 Å². The number of sulfonamides is 1. The van der Waals surface area contributed by atoms with Crippen molar-refractivity contribution in [3.05, 3.63) is 99.3 Å². The Balaban J connectivity index is 1.95. The van der Waals surface area contributed by atoms with Gasteiger partial charge in [0.1, 0.15) is 6.04 Å². The summed E-state index contributed by atoms with van der Waals surface area (Å²) >= 11 is 0. The van der Waals surface area contributed by atoms with Crippen molar-refractivity contribution in [2.75, 3.05) is 20.7 Å². The van der Waals surface area contributed by atoms with Gasteiger partial charge in [-0.05, 0) is 52.4 Å². The summed E-state index contributed by atoms with van der Waals surface area (Å²) in [4.78, 5) is 26.9. The van der Waals surface area contributed by atoms with E-state index in [4.69, 9.17) is 4.74 Å². The van der Waals surface area contributed by atoms with Crippen LogP contribution in [0.3, 0.4) is 0 Å². The Kier molecular flexibility index (Phi) is 7.29. The highest BCUT2D eigenvalue weighted by molar-refractivity contribution is 7.89. The fourth-order valence-electron chi connectivity index (χ4n) is 5.54. The fraction of sp³-hybridized carbons (Fsp3) is 0.267. The van der Waals surface area contributed by atoms with E-state index in [-0.39, 0.29) is 36.1 Å². The quantitative estimate of drug-likeness (QED) is 0.302. The summed E-state index contributed by atoms with van der Waals surface area (Å²) in [6.45, 7) is 1.35. The molecule has 5 rings (SSSR count). The first-order chi connectivity index (χ1) is 19.4. The predicted molar refractivity (Wildman–Crippen MR) is 148 cm³/mol. The number of carbonyl (C=O) groups is 1. The molecule has 11 heteroatoms. The van der Waals surface area contributed by atoms with Crippen LogP contribution in [0.5, 0.6) is 0 Å². The minimum Gasteiger partial charge on any atom is -0.467 e. The minimum atomic E-state index is -4.70. The normalized spacial score (nSPS) is 16.9. The zero-order valence-corrected chi connectivity index (χ0v) is 23.3. The molecule has 3 aromatic carbocycles. The van der Waals surface area contributed by atoms with Gasteiger partial charge in [-0.3, -0.25) is 9.36 Å². The monoisotopic (exact) mass is 584 g/mol. The highest BCUT2D eigenvalue weighted by Crippen LogP contribution is 2.41. The molecule has 0 saturated carbocycles. The second kappa shape index (κ2) is 10.5. The molecule has 0 saturated heterocycles. The van der Waals surface area contributed by atoms with Gasteiger partial charge in [-0.15, -0.1) is 0 Å². The maximum Gasteiger partial charge on any atom is 0.416 e. The van der Waals surface area contributed by atoms with Gasteiger partial charge in [0.2, 0.25) is 0 Å². The number of ether oxygens (including phenoxy) is 1. The number of benzene rings is 3. The molecule has 41 heavy (non-hydrogen) atoms. The summed E-state index contributed by atoms with van der Waals surface area (Å²) in [5, 5.41) is 1.24. The number of nitrogens with zero attached hydrogens (tertiary/aromatic N) is 2. The Morgan fingerprint density at radius 2 is 1.71 bits per heavy atom. The molecule has 2 heterocycles. The van der Waals surface area contributed by atoms with Crippen LogP contribution >= 0.6 is 0 Å². The summed E-state index contributed by atoms with van der Waals surface area (Å²) in [7, 11) is -2.04. The number of likely N-dealkylation sites (N-methyl/N-ethyl adjacent to an activating group) is 1. The molecule has 1 aromatic heterocycles. The van der Waals surface area contributed by atoms with Crippen molar-refractivity contribution in [1.29, 1.82) is 0 Å². The standard InChI is InChI=1S/C30H27F3N2O5S/c1-4-22-24(16-19-11-7-10-18-9-5-6-14-23(18)19)26(20-12-8-13-21(15-20)30(31,32)33)28-35(27(22)36)25(29(37)40-3)17-34(2)41(28,38)39/h5-15,25H,4,16-17H2,1-3H3. The van der Waals surface area contributed by atoms with Crippen LogP contribution in [0.4, 0.5) is 13.2 Å². The number of rotatable bonds is 5. The Morgan fingerprint density at radius 3 is 2.39 bits per heavy atom. The molecule has 0 radical (unpaired) electrons. The molecule has 1 unspecified atom stereocenters. The second-order valence-corrected chi connectivity index (χ2v) is 11.8. The van der Waals surface area contributed by atoms with Gasteiger partial charge < -0.3 is 4.74 Å². The molecule has 1 aliphatic heterocycles. The van der Waals surface area contributed by atoms with Crippen molar-refractivity contribution in [3.8, 4) is 11.1 Å². The van der Waals surface area contributed by atoms with Gasteiger partial charge in [0.15, 0.2) is 5.03 Å². The van der Waals surface area contributed by atoms with Gasteiger partial charge in [-0.25, -0.2) is 13.2 Å². The SMILES string of the molecule is CCc1c(Cc2cccc3ccccc23)c(-c2cccc(C(F)(F)F)c2)c2n(c1=O)C(C(=O)OC)CN(C)S2(=O)=O. The van der Waals surface area contributed by atoms with Gasteiger partial charge >= 0.3 is 12.1 Å². The Bertz CT molecular complexity index is 1840. The van der Waals surface area contributed by atoms with Gasteiger partial charge in [0, 0.05) is 24.7 Å². The van der Waals surface area contributed by atoms with E-state index in [0.29, 0.717) is 5.56 Å². The summed E-state index contributed by atoms with van der Waals surface area (Å²) in [6.07, 6.45) is -4.48. The highest BCUT2D eigenvalue weighted by atomic mass is 32.2. The number of hydrogen-bond donors (Lipinski definition) is 0. The predicted octanol–water partition coefficient (Wildman–Crippen LogP) is 5.19. The summed E-state index contributed by atoms with van der Waals surface area (Å²) in [5.74, 6) is -0.839. The Hall–Kier alpha value is -3.96. The van der Waals surface area contributed by atoms with E-state index in [0.717, 1.165) is 44.5 Å². The number of aromatic nitrogens is 1. The molecule has 214 valence electrons. The summed E-state index contributed by atoms with van der Waals surface area (Å²) < 4.78 is 76.0. The van der Waals surface area contributed by atoms with Crippen LogP contribution in [0.25, 0.3) is 21.9 Å². The zero-order valence-electron chi connectivity index (χ0n) is 22.5. The fourth-order valence-corrected chi connectivity index (χ4v) is 7.13. The average Bonchev–Trinajstić information content (AvgIpc) is 2.94. The number of halogens is 3. The number of hydrogen-bond acceptors (Lipinski definition) is 5. The van der Waals surface area contributed by atoms with Crippen molar-refractivity contribution in [2.45, 2.75) is 37.0 Å². The number of alkyl halides is 3. The molecule has 1 atom stereocenters. The smallest absolute Gasteiger partial charge is 0.416 e. The van der Waals surface area contributed by atoms with Crippen LogP contribution in [-0.2, 0) is 38.6 Å². The lowest BCUT2D eigenvalue weighted by atomic mass is 9.89. The molecule has 4 aromatic rings. The third-order valence-corrected chi connectivity index (χ3v) is 9.38. The first-order valence-electron chi connectivity index (χ1n) is 12.9. The average molecular weight is 585 g/mol. The van der Waals surface area contributed by atoms with E-state index in [1.165, 1.54) is 19.2 Å². The lowest BCUT2D eigenvalue weighted by Gasteiger charge is -2.34. The third-order valence-electron chi connectivity index (χ3n) is 7.52. The van der Waals surface area contributed by atoms with E-state index in [1.54, 1.807) is 6.92 Å². The molecule has 0 N–H and O–H groups in total. The number of methoxy groups -OCH3 is 1. The largest absolute Gasteiger partial charge is 0.467 e. The molecule has 1 aliphatic rings. The van der Waals surface area contributed by atoms with Crippen molar-refractivity contribution in [3.63, 3.8) is 0 Å². The molecule has 0 spiro atoms. The van der Waals surface area contributed by atoms with Crippen molar-refractivity contribution in [2.24, 2.45) is 0 Å².